The van der Waals surface area contributed by atoms with E-state index in [1.807, 2.05) is 13.1 Å². The molecule has 1 aliphatic rings. The molecule has 2 heteroatoms. The van der Waals surface area contributed by atoms with E-state index in [4.69, 9.17) is 11.6 Å². The van der Waals surface area contributed by atoms with E-state index in [0.29, 0.717) is 5.92 Å². The average molecular weight is 224 g/mol. The third kappa shape index (κ3) is 2.53. The van der Waals surface area contributed by atoms with E-state index in [-0.39, 0.29) is 0 Å². The van der Waals surface area contributed by atoms with Crippen molar-refractivity contribution in [2.45, 2.75) is 25.2 Å². The van der Waals surface area contributed by atoms with Crippen LogP contribution in [0.5, 0.6) is 0 Å². The molecule has 0 amide bonds. The summed E-state index contributed by atoms with van der Waals surface area (Å²) in [4.78, 5) is 0. The highest BCUT2D eigenvalue weighted by atomic mass is 35.5. The first kappa shape index (κ1) is 11.0. The lowest BCUT2D eigenvalue weighted by molar-refractivity contribution is 0.257. The number of hydrogen-bond donors (Lipinski definition) is 1. The Morgan fingerprint density at radius 2 is 2.27 bits per heavy atom. The van der Waals surface area contributed by atoms with Gasteiger partial charge in [0.15, 0.2) is 0 Å². The zero-order valence-corrected chi connectivity index (χ0v) is 9.93. The predicted molar refractivity (Wildman–Crippen MR) is 65.5 cm³/mol. The van der Waals surface area contributed by atoms with Gasteiger partial charge in [-0.2, -0.15) is 0 Å². The molecule has 0 heterocycles. The summed E-state index contributed by atoms with van der Waals surface area (Å²) in [7, 11) is 2.02. The minimum absolute atomic E-state index is 0.641. The number of likely N-dealkylation sites (N-methyl/N-ethyl adjacent to an activating group) is 1. The summed E-state index contributed by atoms with van der Waals surface area (Å²) in [6.45, 7) is 1.06. The van der Waals surface area contributed by atoms with Crippen molar-refractivity contribution < 1.29 is 0 Å². The fourth-order valence-electron chi connectivity index (χ4n) is 2.36. The molecule has 0 aliphatic heterocycles. The smallest absolute Gasteiger partial charge is 0.0408 e. The number of benzene rings is 1. The minimum Gasteiger partial charge on any atom is -0.319 e. The number of rotatable bonds is 4. The Balaban J connectivity index is 2.15. The molecule has 1 nitrogen and oxygen atoms in total. The van der Waals surface area contributed by atoms with Gasteiger partial charge in [0.2, 0.25) is 0 Å². The van der Waals surface area contributed by atoms with Gasteiger partial charge in [-0.3, -0.25) is 0 Å². The van der Waals surface area contributed by atoms with Crippen LogP contribution in [0.25, 0.3) is 0 Å². The largest absolute Gasteiger partial charge is 0.319 e. The molecule has 1 saturated carbocycles. The topological polar surface area (TPSA) is 12.0 Å². The minimum atomic E-state index is 0.641. The van der Waals surface area contributed by atoms with Crippen molar-refractivity contribution in [2.24, 2.45) is 5.92 Å². The van der Waals surface area contributed by atoms with Crippen LogP contribution in [-0.2, 0) is 0 Å². The van der Waals surface area contributed by atoms with Crippen LogP contribution in [0, 0.1) is 5.92 Å². The average Bonchev–Trinajstić information content (AvgIpc) is 2.14. The first-order valence-electron chi connectivity index (χ1n) is 5.71. The van der Waals surface area contributed by atoms with Crippen molar-refractivity contribution in [3.63, 3.8) is 0 Å². The lowest BCUT2D eigenvalue weighted by Gasteiger charge is -2.34. The Hall–Kier alpha value is -0.530. The van der Waals surface area contributed by atoms with E-state index in [1.165, 1.54) is 24.8 Å². The molecule has 1 atom stereocenters. The first-order chi connectivity index (χ1) is 7.31. The molecule has 0 radical (unpaired) electrons. The van der Waals surface area contributed by atoms with Crippen LogP contribution in [0.2, 0.25) is 5.02 Å². The maximum Gasteiger partial charge on any atom is 0.0408 e. The second kappa shape index (κ2) is 5.00. The van der Waals surface area contributed by atoms with Crippen molar-refractivity contribution in [1.82, 2.24) is 5.32 Å². The van der Waals surface area contributed by atoms with Crippen LogP contribution in [0.15, 0.2) is 24.3 Å². The number of hydrogen-bond acceptors (Lipinski definition) is 1. The van der Waals surface area contributed by atoms with Gasteiger partial charge in [0.25, 0.3) is 0 Å². The quantitative estimate of drug-likeness (QED) is 0.825. The molecule has 1 aromatic carbocycles. The zero-order chi connectivity index (χ0) is 10.7. The third-order valence-electron chi connectivity index (χ3n) is 3.42. The molecule has 0 saturated heterocycles. The molecule has 1 aromatic rings. The van der Waals surface area contributed by atoms with Gasteiger partial charge in [0, 0.05) is 11.6 Å². The Morgan fingerprint density at radius 3 is 2.80 bits per heavy atom. The van der Waals surface area contributed by atoms with E-state index in [9.17, 15) is 0 Å². The fraction of sp³-hybridized carbons (Fsp3) is 0.538. The molecular formula is C13H18ClN. The monoisotopic (exact) mass is 223 g/mol. The normalized spacial score (nSPS) is 18.5. The lowest BCUT2D eigenvalue weighted by atomic mass is 9.73. The second-order valence-electron chi connectivity index (χ2n) is 4.41. The molecule has 1 unspecified atom stereocenters. The summed E-state index contributed by atoms with van der Waals surface area (Å²) >= 11 is 6.03. The van der Waals surface area contributed by atoms with Crippen molar-refractivity contribution in [3.8, 4) is 0 Å². The fourth-order valence-corrected chi connectivity index (χ4v) is 2.55. The van der Waals surface area contributed by atoms with E-state index in [2.05, 4.69) is 23.5 Å². The molecule has 1 aliphatic carbocycles. The van der Waals surface area contributed by atoms with Gasteiger partial charge in [-0.1, -0.05) is 30.2 Å². The Morgan fingerprint density at radius 1 is 1.47 bits per heavy atom. The van der Waals surface area contributed by atoms with Crippen molar-refractivity contribution >= 4 is 11.6 Å². The standard InChI is InChI=1S/C13H18ClN/c1-15-9-13(10-4-2-5-10)11-6-3-7-12(14)8-11/h3,6-8,10,13,15H,2,4-5,9H2,1H3. The van der Waals surface area contributed by atoms with Crippen molar-refractivity contribution in [1.29, 1.82) is 0 Å². The summed E-state index contributed by atoms with van der Waals surface area (Å²) in [6, 6.07) is 8.31. The van der Waals surface area contributed by atoms with Crippen molar-refractivity contribution in [2.75, 3.05) is 13.6 Å². The highest BCUT2D eigenvalue weighted by Gasteiger charge is 2.27. The summed E-state index contributed by atoms with van der Waals surface area (Å²) in [5.74, 6) is 1.50. The highest BCUT2D eigenvalue weighted by Crippen LogP contribution is 2.39. The number of halogens is 1. The predicted octanol–water partition coefficient (Wildman–Crippen LogP) is 3.44. The Kier molecular flexibility index (Phi) is 3.66. The molecular weight excluding hydrogens is 206 g/mol. The Bertz CT molecular complexity index is 320. The highest BCUT2D eigenvalue weighted by molar-refractivity contribution is 6.30. The Labute approximate surface area is 96.8 Å². The van der Waals surface area contributed by atoms with Gasteiger partial charge in [-0.15, -0.1) is 0 Å². The molecule has 0 bridgehead atoms. The summed E-state index contributed by atoms with van der Waals surface area (Å²) in [5.41, 5.74) is 1.39. The van der Waals surface area contributed by atoms with Crippen LogP contribution >= 0.6 is 11.6 Å². The SMILES string of the molecule is CNCC(c1cccc(Cl)c1)C1CCC1. The van der Waals surface area contributed by atoms with E-state index >= 15 is 0 Å². The van der Waals surface area contributed by atoms with Gasteiger partial charge < -0.3 is 5.32 Å². The first-order valence-corrected chi connectivity index (χ1v) is 6.09. The summed E-state index contributed by atoms with van der Waals surface area (Å²) in [5, 5.41) is 4.15. The summed E-state index contributed by atoms with van der Waals surface area (Å²) < 4.78 is 0. The summed E-state index contributed by atoms with van der Waals surface area (Å²) in [6.07, 6.45) is 4.14. The van der Waals surface area contributed by atoms with Gasteiger partial charge in [0.05, 0.1) is 0 Å². The van der Waals surface area contributed by atoms with E-state index in [0.717, 1.165) is 17.5 Å². The van der Waals surface area contributed by atoms with Gasteiger partial charge in [-0.05, 0) is 49.4 Å². The molecule has 2 rings (SSSR count). The van der Waals surface area contributed by atoms with Gasteiger partial charge >= 0.3 is 0 Å². The van der Waals surface area contributed by atoms with E-state index < -0.39 is 0 Å². The third-order valence-corrected chi connectivity index (χ3v) is 3.65. The molecule has 15 heavy (non-hydrogen) atoms. The van der Waals surface area contributed by atoms with Crippen LogP contribution < -0.4 is 5.32 Å². The van der Waals surface area contributed by atoms with Gasteiger partial charge in [0.1, 0.15) is 0 Å². The molecule has 0 aromatic heterocycles. The van der Waals surface area contributed by atoms with Gasteiger partial charge in [-0.25, -0.2) is 0 Å². The maximum absolute atomic E-state index is 6.03. The lowest BCUT2D eigenvalue weighted by Crippen LogP contribution is -2.28. The maximum atomic E-state index is 6.03. The van der Waals surface area contributed by atoms with E-state index in [1.54, 1.807) is 0 Å². The molecule has 82 valence electrons. The molecule has 1 N–H and O–H groups in total. The number of nitrogens with one attached hydrogen (secondary N) is 1. The molecule has 0 spiro atoms. The van der Waals surface area contributed by atoms with Crippen LogP contribution in [-0.4, -0.2) is 13.6 Å². The van der Waals surface area contributed by atoms with Crippen LogP contribution in [0.3, 0.4) is 0 Å². The van der Waals surface area contributed by atoms with Crippen LogP contribution in [0.4, 0.5) is 0 Å². The zero-order valence-electron chi connectivity index (χ0n) is 9.17. The van der Waals surface area contributed by atoms with Crippen LogP contribution in [0.1, 0.15) is 30.7 Å². The second-order valence-corrected chi connectivity index (χ2v) is 4.85. The van der Waals surface area contributed by atoms with Crippen molar-refractivity contribution in [3.05, 3.63) is 34.9 Å². The molecule has 1 fully saturated rings.